The van der Waals surface area contributed by atoms with Gasteiger partial charge in [-0.05, 0) is 136 Å². The molecule has 358 valence electrons. The Balaban J connectivity index is 1.29. The quantitative estimate of drug-likeness (QED) is 0.0101. The lowest BCUT2D eigenvalue weighted by molar-refractivity contribution is -0.270. The van der Waals surface area contributed by atoms with Crippen LogP contribution in [0.4, 0.5) is 5.13 Å². The molecule has 0 saturated carbocycles. The number of ether oxygens (including phenoxy) is 5. The number of carbonyl (C=O) groups is 2. The maximum absolute atomic E-state index is 11.2. The molecule has 1 heterocycles. The number of hydrogen-bond donors (Lipinski definition) is 2. The molecule has 1 aromatic heterocycles. The molecule has 0 amide bonds. The zero-order valence-corrected chi connectivity index (χ0v) is 39.3. The molecule has 5 rings (SSSR count). The maximum Gasteiger partial charge on any atom is 0.330 e. The molecule has 13 nitrogen and oxygen atoms in total. The summed E-state index contributed by atoms with van der Waals surface area (Å²) in [5.41, 5.74) is 2.97. The average molecular weight is 936 g/mol. The molecule has 67 heavy (non-hydrogen) atoms. The molecule has 0 bridgehead atoms. The van der Waals surface area contributed by atoms with E-state index in [9.17, 15) is 20.0 Å². The standard InChI is InChI=1S/C53H65N3O10S/c1-3-50(58)63-37-19-11-9-17-35-61-44-26-23-41(24-27-44)52(66-60)42-25-32-48(65-46-30-28-45(29-31-46)62-36-18-10-12-20-38-64-51(59)4-2)43(39-42)40-54-56(33-15-7-5-6-8-16-34-57)53-55-47-21-13-14-22-49(47)67-53/h3-4,13-14,21-32,39-40,52,57,60H,1-2,5-12,15-20,33-38H2/b54-40+. The molecule has 0 spiro atoms. The Morgan fingerprint density at radius 3 is 1.79 bits per heavy atom. The summed E-state index contributed by atoms with van der Waals surface area (Å²) in [5.74, 6) is 1.78. The van der Waals surface area contributed by atoms with Crippen molar-refractivity contribution in [2.75, 3.05) is 44.6 Å². The van der Waals surface area contributed by atoms with Gasteiger partial charge in [0.2, 0.25) is 5.13 Å². The molecule has 0 radical (unpaired) electrons. The van der Waals surface area contributed by atoms with Gasteiger partial charge in [0.1, 0.15) is 29.1 Å². The van der Waals surface area contributed by atoms with E-state index in [1.807, 2.05) is 89.9 Å². The van der Waals surface area contributed by atoms with Crippen LogP contribution in [0, 0.1) is 0 Å². The van der Waals surface area contributed by atoms with Crippen LogP contribution in [0.5, 0.6) is 23.0 Å². The summed E-state index contributed by atoms with van der Waals surface area (Å²) in [7, 11) is 0. The summed E-state index contributed by atoms with van der Waals surface area (Å²) < 4.78 is 29.6. The van der Waals surface area contributed by atoms with E-state index < -0.39 is 18.0 Å². The summed E-state index contributed by atoms with van der Waals surface area (Å²) >= 11 is 1.59. The number of hydrazone groups is 1. The minimum absolute atomic E-state index is 0.225. The average Bonchev–Trinajstić information content (AvgIpc) is 3.79. The van der Waals surface area contributed by atoms with Crippen molar-refractivity contribution in [2.45, 2.75) is 96.0 Å². The first-order valence-corrected chi connectivity index (χ1v) is 24.2. The normalized spacial score (nSPS) is 11.6. The van der Waals surface area contributed by atoms with Gasteiger partial charge < -0.3 is 28.8 Å². The summed E-state index contributed by atoms with van der Waals surface area (Å²) in [4.78, 5) is 32.5. The minimum Gasteiger partial charge on any atom is -0.494 e. The number of esters is 2. The van der Waals surface area contributed by atoms with Gasteiger partial charge in [0.25, 0.3) is 0 Å². The number of thiazole rings is 1. The van der Waals surface area contributed by atoms with E-state index in [0.29, 0.717) is 61.3 Å². The fraction of sp³-hybridized carbons (Fsp3) is 0.396. The third-order valence-electron chi connectivity index (χ3n) is 10.7. The van der Waals surface area contributed by atoms with Crippen LogP contribution < -0.4 is 19.2 Å². The predicted octanol–water partition coefficient (Wildman–Crippen LogP) is 12.2. The zero-order chi connectivity index (χ0) is 47.3. The minimum atomic E-state index is -0.817. The largest absolute Gasteiger partial charge is 0.494 e. The van der Waals surface area contributed by atoms with Crippen LogP contribution in [0.1, 0.15) is 113 Å². The number of aliphatic hydroxyl groups is 1. The third-order valence-corrected chi connectivity index (χ3v) is 11.8. The number of fused-ring (bicyclic) bond motifs is 1. The van der Waals surface area contributed by atoms with Gasteiger partial charge in [-0.25, -0.2) is 24.5 Å². The van der Waals surface area contributed by atoms with Crippen molar-refractivity contribution >= 4 is 44.8 Å². The number of anilines is 1. The second kappa shape index (κ2) is 30.3. The molecular formula is C53H65N3O10S. The molecule has 0 aliphatic heterocycles. The lowest BCUT2D eigenvalue weighted by Crippen LogP contribution is -2.18. The molecule has 1 unspecified atom stereocenters. The van der Waals surface area contributed by atoms with Gasteiger partial charge in [-0.15, -0.1) is 0 Å². The van der Waals surface area contributed by atoms with E-state index in [4.69, 9.17) is 38.7 Å². The third kappa shape index (κ3) is 18.6. The van der Waals surface area contributed by atoms with Crippen LogP contribution >= 0.6 is 11.3 Å². The number of para-hydroxylation sites is 1. The first-order chi connectivity index (χ1) is 32.9. The van der Waals surface area contributed by atoms with Crippen LogP contribution in [0.15, 0.2) is 121 Å². The Labute approximate surface area is 398 Å². The molecule has 0 saturated heterocycles. The van der Waals surface area contributed by atoms with Crippen LogP contribution in [0.2, 0.25) is 0 Å². The number of carbonyl (C=O) groups excluding carboxylic acids is 2. The van der Waals surface area contributed by atoms with Crippen LogP contribution in [-0.2, 0) is 24.0 Å². The van der Waals surface area contributed by atoms with Gasteiger partial charge in [-0.3, -0.25) is 5.26 Å². The number of aromatic nitrogens is 1. The molecule has 5 aromatic rings. The number of benzene rings is 4. The van der Waals surface area contributed by atoms with Crippen molar-refractivity contribution in [1.82, 2.24) is 4.98 Å². The topological polar surface area (TPSA) is 158 Å². The number of unbranched alkanes of at least 4 members (excludes halogenated alkanes) is 11. The van der Waals surface area contributed by atoms with Gasteiger partial charge in [0.05, 0.1) is 42.9 Å². The first-order valence-electron chi connectivity index (χ1n) is 23.3. The predicted molar refractivity (Wildman–Crippen MR) is 265 cm³/mol. The lowest BCUT2D eigenvalue weighted by atomic mass is 9.99. The fourth-order valence-electron chi connectivity index (χ4n) is 7.05. The summed E-state index contributed by atoms with van der Waals surface area (Å²) in [5, 5.41) is 27.3. The Morgan fingerprint density at radius 1 is 0.657 bits per heavy atom. The van der Waals surface area contributed by atoms with E-state index in [1.165, 1.54) is 12.2 Å². The van der Waals surface area contributed by atoms with E-state index in [2.05, 4.69) is 19.2 Å². The van der Waals surface area contributed by atoms with Crippen molar-refractivity contribution in [3.63, 3.8) is 0 Å². The highest BCUT2D eigenvalue weighted by Gasteiger charge is 2.19. The summed E-state index contributed by atoms with van der Waals surface area (Å²) in [6.45, 7) is 9.58. The Bertz CT molecular complexity index is 2230. The molecule has 14 heteroatoms. The van der Waals surface area contributed by atoms with Gasteiger partial charge in [0, 0.05) is 30.9 Å². The second-order valence-corrected chi connectivity index (χ2v) is 16.9. The van der Waals surface area contributed by atoms with Crippen molar-refractivity contribution in [2.24, 2.45) is 5.10 Å². The highest BCUT2D eigenvalue weighted by atomic mass is 32.1. The fourth-order valence-corrected chi connectivity index (χ4v) is 8.00. The van der Waals surface area contributed by atoms with Crippen LogP contribution in [-0.4, -0.2) is 73.1 Å². The SMILES string of the molecule is C=CC(=O)OCCCCCCOc1ccc(Oc2ccc(C(OO)c3ccc(OCCCCCCOC(=O)C=C)cc3)cc2/C=N/N(CCCCCCCCO)c2nc3ccccc3s2)cc1. The van der Waals surface area contributed by atoms with E-state index in [0.717, 1.165) is 117 Å². The monoisotopic (exact) mass is 935 g/mol. The lowest BCUT2D eigenvalue weighted by Gasteiger charge is -2.18. The van der Waals surface area contributed by atoms with Crippen molar-refractivity contribution in [3.05, 3.63) is 133 Å². The van der Waals surface area contributed by atoms with Gasteiger partial charge >= 0.3 is 11.9 Å². The van der Waals surface area contributed by atoms with E-state index >= 15 is 0 Å². The van der Waals surface area contributed by atoms with Crippen molar-refractivity contribution in [1.29, 1.82) is 0 Å². The molecule has 2 N–H and O–H groups in total. The highest BCUT2D eigenvalue weighted by molar-refractivity contribution is 7.22. The van der Waals surface area contributed by atoms with E-state index in [-0.39, 0.29) is 6.61 Å². The summed E-state index contributed by atoms with van der Waals surface area (Å²) in [6.07, 6.45) is 16.3. The van der Waals surface area contributed by atoms with Crippen molar-refractivity contribution in [3.8, 4) is 23.0 Å². The molecule has 4 aromatic carbocycles. The molecular weight excluding hydrogens is 871 g/mol. The highest BCUT2D eigenvalue weighted by Crippen LogP contribution is 2.34. The zero-order valence-electron chi connectivity index (χ0n) is 38.4. The van der Waals surface area contributed by atoms with Gasteiger partial charge in [-0.1, -0.05) is 80.5 Å². The van der Waals surface area contributed by atoms with Crippen LogP contribution in [0.25, 0.3) is 10.2 Å². The van der Waals surface area contributed by atoms with E-state index in [1.54, 1.807) is 17.6 Å². The second-order valence-electron chi connectivity index (χ2n) is 15.9. The number of aliphatic hydroxyl groups excluding tert-OH is 1. The Hall–Kier alpha value is -6.06. The first kappa shape index (κ1) is 51.9. The molecule has 0 fully saturated rings. The Morgan fingerprint density at radius 2 is 1.19 bits per heavy atom. The molecule has 0 aliphatic carbocycles. The number of hydrogen-bond acceptors (Lipinski definition) is 14. The molecule has 1 atom stereocenters. The Kier molecular flexibility index (Phi) is 23.5. The maximum atomic E-state index is 11.2. The van der Waals surface area contributed by atoms with Crippen molar-refractivity contribution < 1.29 is 48.5 Å². The van der Waals surface area contributed by atoms with Gasteiger partial charge in [0.15, 0.2) is 0 Å². The number of rotatable bonds is 34. The summed E-state index contributed by atoms with van der Waals surface area (Å²) in [6, 6.07) is 28.6. The van der Waals surface area contributed by atoms with Crippen LogP contribution in [0.3, 0.4) is 0 Å². The number of nitrogens with zero attached hydrogens (tertiary/aromatic N) is 3. The molecule has 0 aliphatic rings. The van der Waals surface area contributed by atoms with Gasteiger partial charge in [-0.2, -0.15) is 5.10 Å². The smallest absolute Gasteiger partial charge is 0.330 e.